The molecule has 0 aliphatic rings. The molecule has 0 bridgehead atoms. The van der Waals surface area contributed by atoms with E-state index < -0.39 is 4.92 Å². The number of hydrogen-bond donors (Lipinski definition) is 1. The summed E-state index contributed by atoms with van der Waals surface area (Å²) in [5.74, 6) is 0.459. The van der Waals surface area contributed by atoms with E-state index in [1.807, 2.05) is 11.9 Å². The highest BCUT2D eigenvalue weighted by Crippen LogP contribution is 2.27. The molecule has 0 fully saturated rings. The van der Waals surface area contributed by atoms with Crippen molar-refractivity contribution in [2.45, 2.75) is 26.8 Å². The monoisotopic (exact) mass is 237 g/mol. The van der Waals surface area contributed by atoms with Gasteiger partial charge >= 0.3 is 0 Å². The lowest BCUT2D eigenvalue weighted by molar-refractivity contribution is -0.384. The fraction of sp³-hybridized carbons (Fsp3) is 0.500. The highest BCUT2D eigenvalue weighted by atomic mass is 16.6. The van der Waals surface area contributed by atoms with Crippen LogP contribution in [0.15, 0.2) is 18.2 Å². The standard InChI is InChI=1S/C12H19N3O2/c1-8(2)9(3)14(4)11-5-10(13)6-12(7-11)15(16)17/h5-9H,13H2,1-4H3. The lowest BCUT2D eigenvalue weighted by Gasteiger charge is -2.30. The van der Waals surface area contributed by atoms with Gasteiger partial charge in [0.15, 0.2) is 0 Å². The normalized spacial score (nSPS) is 12.5. The molecular weight excluding hydrogens is 218 g/mol. The van der Waals surface area contributed by atoms with E-state index in [0.717, 1.165) is 5.69 Å². The molecule has 0 aliphatic carbocycles. The molecular formula is C12H19N3O2. The Kier molecular flexibility index (Phi) is 3.93. The molecule has 0 aromatic heterocycles. The molecule has 0 amide bonds. The van der Waals surface area contributed by atoms with Gasteiger partial charge in [0.25, 0.3) is 5.69 Å². The third kappa shape index (κ3) is 3.09. The van der Waals surface area contributed by atoms with Crippen LogP contribution in [-0.4, -0.2) is 18.0 Å². The maximum absolute atomic E-state index is 10.8. The quantitative estimate of drug-likeness (QED) is 0.496. The number of nitro benzene ring substituents is 1. The minimum Gasteiger partial charge on any atom is -0.398 e. The number of nitrogen functional groups attached to an aromatic ring is 1. The van der Waals surface area contributed by atoms with Gasteiger partial charge in [-0.05, 0) is 18.9 Å². The predicted molar refractivity (Wildman–Crippen MR) is 70.2 cm³/mol. The zero-order valence-corrected chi connectivity index (χ0v) is 10.7. The van der Waals surface area contributed by atoms with E-state index in [0.29, 0.717) is 11.6 Å². The fourth-order valence-electron chi connectivity index (χ4n) is 1.61. The molecule has 5 nitrogen and oxygen atoms in total. The molecule has 0 heterocycles. The highest BCUT2D eigenvalue weighted by molar-refractivity contribution is 5.62. The van der Waals surface area contributed by atoms with Gasteiger partial charge in [0.2, 0.25) is 0 Å². The van der Waals surface area contributed by atoms with E-state index in [-0.39, 0.29) is 11.7 Å². The van der Waals surface area contributed by atoms with Crippen molar-refractivity contribution < 1.29 is 4.92 Å². The van der Waals surface area contributed by atoms with Crippen LogP contribution in [0.5, 0.6) is 0 Å². The number of nitrogens with two attached hydrogens (primary N) is 1. The summed E-state index contributed by atoms with van der Waals surface area (Å²) in [5, 5.41) is 10.8. The minimum absolute atomic E-state index is 0.0304. The van der Waals surface area contributed by atoms with Gasteiger partial charge in [-0.15, -0.1) is 0 Å². The Labute approximate surface area is 101 Å². The molecule has 94 valence electrons. The van der Waals surface area contributed by atoms with Crippen LogP contribution in [0.3, 0.4) is 0 Å². The summed E-state index contributed by atoms with van der Waals surface area (Å²) < 4.78 is 0. The van der Waals surface area contributed by atoms with Crippen LogP contribution >= 0.6 is 0 Å². The third-order valence-corrected chi connectivity index (χ3v) is 3.12. The molecule has 0 aliphatic heterocycles. The summed E-state index contributed by atoms with van der Waals surface area (Å²) in [6, 6.07) is 4.97. The second-order valence-electron chi connectivity index (χ2n) is 4.64. The molecule has 0 saturated carbocycles. The Bertz CT molecular complexity index is 418. The summed E-state index contributed by atoms with van der Waals surface area (Å²) in [6.07, 6.45) is 0. The van der Waals surface area contributed by atoms with Crippen LogP contribution in [0.25, 0.3) is 0 Å². The Hall–Kier alpha value is -1.78. The molecule has 0 saturated heterocycles. The Morgan fingerprint density at radius 2 is 1.88 bits per heavy atom. The maximum atomic E-state index is 10.8. The lowest BCUT2D eigenvalue weighted by atomic mass is 10.0. The largest absolute Gasteiger partial charge is 0.398 e. The van der Waals surface area contributed by atoms with E-state index in [2.05, 4.69) is 20.8 Å². The first kappa shape index (κ1) is 13.3. The molecule has 1 rings (SSSR count). The second-order valence-corrected chi connectivity index (χ2v) is 4.64. The minimum atomic E-state index is -0.423. The van der Waals surface area contributed by atoms with Crippen molar-refractivity contribution in [3.63, 3.8) is 0 Å². The maximum Gasteiger partial charge on any atom is 0.273 e. The van der Waals surface area contributed by atoms with E-state index in [4.69, 9.17) is 5.73 Å². The van der Waals surface area contributed by atoms with Gasteiger partial charge in [0.1, 0.15) is 0 Å². The zero-order valence-electron chi connectivity index (χ0n) is 10.7. The second kappa shape index (κ2) is 5.03. The van der Waals surface area contributed by atoms with Gasteiger partial charge in [-0.3, -0.25) is 10.1 Å². The molecule has 1 aromatic rings. The van der Waals surface area contributed by atoms with Crippen molar-refractivity contribution in [1.82, 2.24) is 0 Å². The van der Waals surface area contributed by atoms with E-state index >= 15 is 0 Å². The number of non-ortho nitro benzene ring substituents is 1. The van der Waals surface area contributed by atoms with Crippen LogP contribution in [0.4, 0.5) is 17.1 Å². The molecule has 17 heavy (non-hydrogen) atoms. The van der Waals surface area contributed by atoms with Crippen molar-refractivity contribution in [3.05, 3.63) is 28.3 Å². The Morgan fingerprint density at radius 3 is 2.35 bits per heavy atom. The summed E-state index contributed by atoms with van der Waals surface area (Å²) >= 11 is 0. The van der Waals surface area contributed by atoms with Crippen LogP contribution in [-0.2, 0) is 0 Å². The average molecular weight is 237 g/mol. The zero-order chi connectivity index (χ0) is 13.2. The number of rotatable bonds is 4. The van der Waals surface area contributed by atoms with E-state index in [9.17, 15) is 10.1 Å². The predicted octanol–water partition coefficient (Wildman–Crippen LogP) is 2.66. The van der Waals surface area contributed by atoms with Gasteiger partial charge < -0.3 is 10.6 Å². The summed E-state index contributed by atoms with van der Waals surface area (Å²) in [6.45, 7) is 6.31. The highest BCUT2D eigenvalue weighted by Gasteiger charge is 2.17. The molecule has 1 unspecified atom stereocenters. The Balaban J connectivity index is 3.09. The first-order chi connectivity index (χ1) is 7.82. The molecule has 5 heteroatoms. The SMILES string of the molecule is CC(C)C(C)N(C)c1cc(N)cc([N+](=O)[O-])c1. The van der Waals surface area contributed by atoms with Crippen molar-refractivity contribution in [2.75, 3.05) is 17.7 Å². The molecule has 0 spiro atoms. The van der Waals surface area contributed by atoms with Gasteiger partial charge in [-0.25, -0.2) is 0 Å². The lowest BCUT2D eigenvalue weighted by Crippen LogP contribution is -2.33. The van der Waals surface area contributed by atoms with Crippen LogP contribution < -0.4 is 10.6 Å². The van der Waals surface area contributed by atoms with E-state index in [1.54, 1.807) is 12.1 Å². The molecule has 2 N–H and O–H groups in total. The number of hydrogen-bond acceptors (Lipinski definition) is 4. The van der Waals surface area contributed by atoms with Crippen molar-refractivity contribution in [3.8, 4) is 0 Å². The van der Waals surface area contributed by atoms with Gasteiger partial charge in [-0.1, -0.05) is 13.8 Å². The number of anilines is 2. The van der Waals surface area contributed by atoms with Crippen LogP contribution in [0.1, 0.15) is 20.8 Å². The number of nitro groups is 1. The molecule has 0 radical (unpaired) electrons. The summed E-state index contributed by atoms with van der Waals surface area (Å²) in [7, 11) is 1.92. The van der Waals surface area contributed by atoms with Crippen molar-refractivity contribution >= 4 is 17.1 Å². The molecule has 1 atom stereocenters. The number of nitrogens with zero attached hydrogens (tertiary/aromatic N) is 2. The van der Waals surface area contributed by atoms with Crippen LogP contribution in [0, 0.1) is 16.0 Å². The summed E-state index contributed by atoms with van der Waals surface area (Å²) in [4.78, 5) is 12.3. The third-order valence-electron chi connectivity index (χ3n) is 3.12. The van der Waals surface area contributed by atoms with Gasteiger partial charge in [0.05, 0.1) is 4.92 Å². The first-order valence-corrected chi connectivity index (χ1v) is 5.60. The first-order valence-electron chi connectivity index (χ1n) is 5.60. The van der Waals surface area contributed by atoms with Crippen molar-refractivity contribution in [1.29, 1.82) is 0 Å². The fourth-order valence-corrected chi connectivity index (χ4v) is 1.61. The van der Waals surface area contributed by atoms with E-state index in [1.165, 1.54) is 6.07 Å². The van der Waals surface area contributed by atoms with Gasteiger partial charge in [0, 0.05) is 36.6 Å². The topological polar surface area (TPSA) is 72.4 Å². The summed E-state index contributed by atoms with van der Waals surface area (Å²) in [5.41, 5.74) is 6.90. The Morgan fingerprint density at radius 1 is 1.29 bits per heavy atom. The van der Waals surface area contributed by atoms with Crippen molar-refractivity contribution in [2.24, 2.45) is 5.92 Å². The molecule has 1 aromatic carbocycles. The van der Waals surface area contributed by atoms with Gasteiger partial charge in [-0.2, -0.15) is 0 Å². The number of benzene rings is 1. The average Bonchev–Trinajstić information content (AvgIpc) is 2.25. The van der Waals surface area contributed by atoms with Crippen LogP contribution in [0.2, 0.25) is 0 Å². The smallest absolute Gasteiger partial charge is 0.273 e.